The summed E-state index contributed by atoms with van der Waals surface area (Å²) in [5, 5.41) is 16.6. The minimum absolute atomic E-state index is 0.0697. The molecule has 1 aromatic carbocycles. The van der Waals surface area contributed by atoms with Crippen molar-refractivity contribution in [2.24, 2.45) is 0 Å². The van der Waals surface area contributed by atoms with Gasteiger partial charge in [-0.2, -0.15) is 0 Å². The highest BCUT2D eigenvalue weighted by Crippen LogP contribution is 2.30. The van der Waals surface area contributed by atoms with E-state index in [0.29, 0.717) is 28.7 Å². The zero-order chi connectivity index (χ0) is 17.5. The van der Waals surface area contributed by atoms with Gasteiger partial charge < -0.3 is 9.84 Å². The van der Waals surface area contributed by atoms with E-state index in [-0.39, 0.29) is 11.5 Å². The van der Waals surface area contributed by atoms with E-state index in [4.69, 9.17) is 11.2 Å². The number of H-pyrrole nitrogens is 1. The molecule has 2 rings (SSSR count). The summed E-state index contributed by atoms with van der Waals surface area (Å²) in [5.74, 6) is 2.50. The van der Waals surface area contributed by atoms with Crippen molar-refractivity contribution in [3.8, 4) is 18.1 Å². The molecule has 0 radical (unpaired) electrons. The molecule has 8 heteroatoms. The molecule has 24 heavy (non-hydrogen) atoms. The van der Waals surface area contributed by atoms with Crippen LogP contribution in [0.4, 0.5) is 0 Å². The lowest BCUT2D eigenvalue weighted by molar-refractivity contribution is -0.131. The quantitative estimate of drug-likeness (QED) is 0.415. The first-order valence-corrected chi connectivity index (χ1v) is 8.54. The van der Waals surface area contributed by atoms with E-state index in [1.54, 1.807) is 18.2 Å². The number of nitrogens with one attached hydrogen (secondary N) is 1. The fourth-order valence-electron chi connectivity index (χ4n) is 1.74. The lowest BCUT2D eigenvalue weighted by Gasteiger charge is -2.08. The average molecular weight is 408 g/mol. The summed E-state index contributed by atoms with van der Waals surface area (Å²) in [6.07, 6.45) is 7.40. The molecule has 6 nitrogen and oxygen atoms in total. The van der Waals surface area contributed by atoms with Crippen molar-refractivity contribution in [1.29, 1.82) is 0 Å². The molecule has 0 saturated heterocycles. The number of ether oxygens (including phenoxy) is 1. The fourth-order valence-corrected chi connectivity index (χ4v) is 2.83. The molecule has 2 aromatic rings. The largest absolute Gasteiger partial charge is 0.480 e. The second kappa shape index (κ2) is 8.57. The number of aryl methyl sites for hydroxylation is 1. The van der Waals surface area contributed by atoms with Crippen LogP contribution in [0.25, 0.3) is 6.08 Å². The summed E-state index contributed by atoms with van der Waals surface area (Å²) >= 11 is 4.33. The Bertz CT molecular complexity index is 811. The van der Waals surface area contributed by atoms with Crippen LogP contribution >= 0.6 is 27.7 Å². The number of halogens is 1. The number of aromatic nitrogens is 3. The van der Waals surface area contributed by atoms with Gasteiger partial charge in [0, 0.05) is 16.5 Å². The molecular formula is C16H14BrN3O3S. The van der Waals surface area contributed by atoms with Crippen LogP contribution in [0.3, 0.4) is 0 Å². The van der Waals surface area contributed by atoms with Gasteiger partial charge in [0.2, 0.25) is 5.16 Å². The second-order valence-electron chi connectivity index (χ2n) is 4.51. The van der Waals surface area contributed by atoms with Gasteiger partial charge in [0.25, 0.3) is 0 Å². The Kier molecular flexibility index (Phi) is 6.46. The van der Waals surface area contributed by atoms with Gasteiger partial charge in [-0.05, 0) is 36.0 Å². The Labute approximate surface area is 151 Å². The number of nitrogens with zero attached hydrogens (tertiary/aromatic N) is 2. The molecule has 0 atom stereocenters. The molecule has 0 unspecified atom stereocenters. The van der Waals surface area contributed by atoms with Gasteiger partial charge in [0.05, 0.1) is 0 Å². The van der Waals surface area contributed by atoms with Crippen molar-refractivity contribution in [3.05, 3.63) is 39.0 Å². The topological polar surface area (TPSA) is 88.1 Å². The lowest BCUT2D eigenvalue weighted by atomic mass is 10.2. The summed E-state index contributed by atoms with van der Waals surface area (Å²) < 4.78 is 6.25. The maximum atomic E-state index is 11.6. The summed E-state index contributed by atoms with van der Waals surface area (Å²) in [4.78, 5) is 15.8. The zero-order valence-corrected chi connectivity index (χ0v) is 15.1. The average Bonchev–Trinajstić information content (AvgIpc) is 3.01. The minimum Gasteiger partial charge on any atom is -0.480 e. The molecule has 0 amide bonds. The number of aliphatic carboxylic acids is 1. The highest BCUT2D eigenvalue weighted by atomic mass is 79.9. The Morgan fingerprint density at radius 1 is 1.58 bits per heavy atom. The summed E-state index contributed by atoms with van der Waals surface area (Å²) in [6, 6.07) is 5.27. The molecule has 0 fully saturated rings. The molecule has 0 aliphatic heterocycles. The molecule has 0 bridgehead atoms. The molecule has 1 heterocycles. The molecule has 124 valence electrons. The maximum absolute atomic E-state index is 11.6. The van der Waals surface area contributed by atoms with Crippen LogP contribution in [0, 0.1) is 12.3 Å². The first kappa shape index (κ1) is 18.1. The van der Waals surface area contributed by atoms with Crippen molar-refractivity contribution in [2.75, 3.05) is 6.61 Å². The molecule has 2 N–H and O–H groups in total. The second-order valence-corrected chi connectivity index (χ2v) is 6.43. The summed E-state index contributed by atoms with van der Waals surface area (Å²) in [7, 11) is 0. The number of carbonyl (C=O) groups is 1. The lowest BCUT2D eigenvalue weighted by Crippen LogP contribution is -1.99. The van der Waals surface area contributed by atoms with E-state index in [1.807, 2.05) is 6.92 Å². The van der Waals surface area contributed by atoms with Gasteiger partial charge in [-0.1, -0.05) is 28.8 Å². The van der Waals surface area contributed by atoms with Crippen LogP contribution in [-0.4, -0.2) is 32.9 Å². The van der Waals surface area contributed by atoms with Crippen LogP contribution in [0.1, 0.15) is 18.3 Å². The van der Waals surface area contributed by atoms with Crippen LogP contribution < -0.4 is 4.74 Å². The van der Waals surface area contributed by atoms with Crippen molar-refractivity contribution in [1.82, 2.24) is 15.2 Å². The van der Waals surface area contributed by atoms with Gasteiger partial charge in [-0.3, -0.25) is 5.10 Å². The number of aromatic amines is 1. The van der Waals surface area contributed by atoms with Crippen LogP contribution in [0.5, 0.6) is 5.75 Å². The minimum atomic E-state index is -1.08. The van der Waals surface area contributed by atoms with E-state index in [1.165, 1.54) is 6.08 Å². The standard InChI is InChI=1S/C16H14BrN3O3S/c1-3-7-23-12-6-5-11(17)8-10(12)9-13(15(21)22)24-16-18-14(4-2)19-20-16/h1,5-6,8-9H,4,7H2,2H3,(H,21,22)(H,18,19,20)/b13-9-. The van der Waals surface area contributed by atoms with Crippen molar-refractivity contribution in [2.45, 2.75) is 18.5 Å². The Hall–Kier alpha value is -2.24. The van der Waals surface area contributed by atoms with Crippen molar-refractivity contribution in [3.63, 3.8) is 0 Å². The molecule has 0 spiro atoms. The summed E-state index contributed by atoms with van der Waals surface area (Å²) in [6.45, 7) is 2.03. The first-order valence-electron chi connectivity index (χ1n) is 6.93. The Balaban J connectivity index is 2.34. The van der Waals surface area contributed by atoms with Crippen LogP contribution in [-0.2, 0) is 11.2 Å². The van der Waals surface area contributed by atoms with E-state index in [2.05, 4.69) is 37.0 Å². The van der Waals surface area contributed by atoms with Crippen molar-refractivity contribution >= 4 is 39.7 Å². The predicted octanol–water partition coefficient (Wildman–Crippen LogP) is 3.36. The normalized spacial score (nSPS) is 11.1. The van der Waals surface area contributed by atoms with Gasteiger partial charge in [0.15, 0.2) is 0 Å². The Morgan fingerprint density at radius 2 is 2.38 bits per heavy atom. The zero-order valence-electron chi connectivity index (χ0n) is 12.7. The third-order valence-corrected chi connectivity index (χ3v) is 4.20. The van der Waals surface area contributed by atoms with Gasteiger partial charge in [-0.15, -0.1) is 11.5 Å². The number of carboxylic acids is 1. The molecular weight excluding hydrogens is 394 g/mol. The van der Waals surface area contributed by atoms with E-state index in [0.717, 1.165) is 16.2 Å². The van der Waals surface area contributed by atoms with E-state index >= 15 is 0 Å². The highest BCUT2D eigenvalue weighted by Gasteiger charge is 2.15. The third kappa shape index (κ3) is 4.88. The van der Waals surface area contributed by atoms with Crippen LogP contribution in [0.2, 0.25) is 0 Å². The number of hydrogen-bond acceptors (Lipinski definition) is 5. The molecule has 1 aromatic heterocycles. The van der Waals surface area contributed by atoms with Gasteiger partial charge in [0.1, 0.15) is 23.1 Å². The molecule has 0 saturated carbocycles. The molecule has 0 aliphatic rings. The van der Waals surface area contributed by atoms with Gasteiger partial charge >= 0.3 is 5.97 Å². The third-order valence-electron chi connectivity index (χ3n) is 2.83. The van der Waals surface area contributed by atoms with E-state index in [9.17, 15) is 9.90 Å². The number of rotatable bonds is 7. The number of carboxylic acid groups (broad SMARTS) is 1. The smallest absolute Gasteiger partial charge is 0.342 e. The number of hydrogen-bond donors (Lipinski definition) is 2. The fraction of sp³-hybridized carbons (Fsp3) is 0.188. The number of thioether (sulfide) groups is 1. The highest BCUT2D eigenvalue weighted by molar-refractivity contribution is 9.10. The summed E-state index contributed by atoms with van der Waals surface area (Å²) in [5.41, 5.74) is 0.593. The van der Waals surface area contributed by atoms with Crippen LogP contribution in [0.15, 0.2) is 32.7 Å². The SMILES string of the molecule is C#CCOc1ccc(Br)cc1/C=C(\Sc1n[nH]c(CC)n1)C(=O)O. The first-order chi connectivity index (χ1) is 11.5. The number of benzene rings is 1. The monoisotopic (exact) mass is 407 g/mol. The number of terminal acetylenes is 1. The van der Waals surface area contributed by atoms with Crippen molar-refractivity contribution < 1.29 is 14.6 Å². The maximum Gasteiger partial charge on any atom is 0.342 e. The van der Waals surface area contributed by atoms with Gasteiger partial charge in [-0.25, -0.2) is 9.78 Å². The molecule has 0 aliphatic carbocycles. The predicted molar refractivity (Wildman–Crippen MR) is 95.7 cm³/mol. The van der Waals surface area contributed by atoms with E-state index < -0.39 is 5.97 Å². The Morgan fingerprint density at radius 3 is 3.00 bits per heavy atom.